The molecule has 1 aliphatic carbocycles. The Kier molecular flexibility index (Phi) is 8.31. The molecule has 236 valence electrons. The normalized spacial score (nSPS) is 20.7. The number of aliphatic hydroxyl groups is 1. The second kappa shape index (κ2) is 12.5. The maximum Gasteiger partial charge on any atom is 0.193 e. The standard InChI is InChI=1S/C36H43FN6O2/c1-24-7-8-29(18-39-24)40-13-3-5-30(22-40)42(19-26-11-12-38-25(2)15-26)20-27-21-43(28-9-10-28)34-17-35(33(37)16-32(34)36(27)45)41-14-4-6-31(44)23-41/h7-8,11-12,15-18,21,28,30-31,44H,3-6,9-10,13-14,19-20,22-23H2,1-2H3. The van der Waals surface area contributed by atoms with Crippen molar-refractivity contribution in [3.63, 3.8) is 0 Å². The summed E-state index contributed by atoms with van der Waals surface area (Å²) in [6.07, 6.45) is 11.1. The van der Waals surface area contributed by atoms with Crippen molar-refractivity contribution in [1.82, 2.24) is 19.4 Å². The molecule has 45 heavy (non-hydrogen) atoms. The molecular weight excluding hydrogens is 567 g/mol. The molecule has 7 rings (SSSR count). The van der Waals surface area contributed by atoms with Crippen LogP contribution in [0, 0.1) is 19.7 Å². The summed E-state index contributed by atoms with van der Waals surface area (Å²) in [5.74, 6) is -0.396. The van der Waals surface area contributed by atoms with Gasteiger partial charge in [-0.1, -0.05) is 0 Å². The first-order valence-corrected chi connectivity index (χ1v) is 16.5. The van der Waals surface area contributed by atoms with Crippen LogP contribution in [0.2, 0.25) is 0 Å². The lowest BCUT2D eigenvalue weighted by atomic mass is 10.0. The molecule has 2 unspecified atom stereocenters. The Labute approximate surface area is 264 Å². The Morgan fingerprint density at radius 3 is 2.51 bits per heavy atom. The highest BCUT2D eigenvalue weighted by atomic mass is 19.1. The summed E-state index contributed by atoms with van der Waals surface area (Å²) in [7, 11) is 0. The number of hydrogen-bond acceptors (Lipinski definition) is 7. The second-order valence-corrected chi connectivity index (χ2v) is 13.3. The van der Waals surface area contributed by atoms with E-state index in [1.165, 1.54) is 11.6 Å². The summed E-state index contributed by atoms with van der Waals surface area (Å²) >= 11 is 0. The summed E-state index contributed by atoms with van der Waals surface area (Å²) in [5.41, 5.74) is 6.13. The lowest BCUT2D eigenvalue weighted by Crippen LogP contribution is -2.48. The molecule has 3 aliphatic rings. The maximum atomic E-state index is 15.7. The zero-order chi connectivity index (χ0) is 31.1. The molecule has 3 fully saturated rings. The number of halogens is 1. The van der Waals surface area contributed by atoms with Crippen LogP contribution in [-0.2, 0) is 13.1 Å². The fourth-order valence-corrected chi connectivity index (χ4v) is 7.20. The van der Waals surface area contributed by atoms with Crippen molar-refractivity contribution >= 4 is 22.3 Å². The molecule has 0 radical (unpaired) electrons. The number of β-amino-alcohol motifs (C(OH)–C–C–N with tert-alkyl or cyclic N) is 1. The van der Waals surface area contributed by atoms with E-state index in [0.29, 0.717) is 48.9 Å². The largest absolute Gasteiger partial charge is 0.391 e. The van der Waals surface area contributed by atoms with Crippen LogP contribution in [0.4, 0.5) is 15.8 Å². The van der Waals surface area contributed by atoms with Crippen molar-refractivity contribution in [2.75, 3.05) is 36.0 Å². The quantitative estimate of drug-likeness (QED) is 0.282. The molecule has 1 N–H and O–H groups in total. The average Bonchev–Trinajstić information content (AvgIpc) is 3.88. The lowest BCUT2D eigenvalue weighted by Gasteiger charge is -2.40. The number of aryl methyl sites for hydroxylation is 2. The van der Waals surface area contributed by atoms with Crippen molar-refractivity contribution in [2.45, 2.75) is 83.6 Å². The van der Waals surface area contributed by atoms with E-state index in [9.17, 15) is 9.90 Å². The van der Waals surface area contributed by atoms with Crippen molar-refractivity contribution < 1.29 is 9.50 Å². The molecule has 2 saturated heterocycles. The van der Waals surface area contributed by atoms with Crippen molar-refractivity contribution in [3.05, 3.63) is 93.5 Å². The SMILES string of the molecule is Cc1ccc(N2CCCC(N(Cc3ccnc(C)c3)Cc3cn(C4CC4)c4cc(N5CCCC(O)C5)c(F)cc4c3=O)C2)cn1. The topological polar surface area (TPSA) is 77.7 Å². The molecule has 3 aromatic heterocycles. The van der Waals surface area contributed by atoms with Gasteiger partial charge in [0.2, 0.25) is 0 Å². The first-order valence-electron chi connectivity index (χ1n) is 16.5. The van der Waals surface area contributed by atoms with Gasteiger partial charge in [-0.05, 0) is 94.3 Å². The summed E-state index contributed by atoms with van der Waals surface area (Å²) in [6.45, 7) is 8.12. The van der Waals surface area contributed by atoms with Gasteiger partial charge in [-0.2, -0.15) is 0 Å². The van der Waals surface area contributed by atoms with E-state index in [1.54, 1.807) is 0 Å². The van der Waals surface area contributed by atoms with Gasteiger partial charge in [-0.15, -0.1) is 0 Å². The Morgan fingerprint density at radius 1 is 0.933 bits per heavy atom. The van der Waals surface area contributed by atoms with Gasteiger partial charge >= 0.3 is 0 Å². The van der Waals surface area contributed by atoms with Gasteiger partial charge in [-0.25, -0.2) is 4.39 Å². The van der Waals surface area contributed by atoms with Crippen molar-refractivity contribution in [2.24, 2.45) is 0 Å². The van der Waals surface area contributed by atoms with E-state index in [-0.39, 0.29) is 11.5 Å². The van der Waals surface area contributed by atoms with Gasteiger partial charge in [0.15, 0.2) is 5.43 Å². The predicted octanol–water partition coefficient (Wildman–Crippen LogP) is 5.51. The van der Waals surface area contributed by atoms with Crippen LogP contribution in [0.3, 0.4) is 0 Å². The minimum absolute atomic E-state index is 0.0997. The summed E-state index contributed by atoms with van der Waals surface area (Å²) < 4.78 is 17.9. The third-order valence-electron chi connectivity index (χ3n) is 9.75. The monoisotopic (exact) mass is 610 g/mol. The minimum atomic E-state index is -0.463. The van der Waals surface area contributed by atoms with Gasteiger partial charge in [-0.3, -0.25) is 19.7 Å². The second-order valence-electron chi connectivity index (χ2n) is 13.3. The summed E-state index contributed by atoms with van der Waals surface area (Å²) in [5, 5.41) is 10.7. The van der Waals surface area contributed by atoms with Crippen LogP contribution in [0.15, 0.2) is 59.8 Å². The zero-order valence-corrected chi connectivity index (χ0v) is 26.3. The van der Waals surface area contributed by atoms with Crippen LogP contribution in [-0.4, -0.2) is 62.9 Å². The van der Waals surface area contributed by atoms with E-state index in [1.807, 2.05) is 43.4 Å². The fraction of sp³-hybridized carbons (Fsp3) is 0.472. The predicted molar refractivity (Wildman–Crippen MR) is 176 cm³/mol. The Balaban J connectivity index is 1.25. The Morgan fingerprint density at radius 2 is 1.76 bits per heavy atom. The molecule has 5 heterocycles. The number of fused-ring (bicyclic) bond motifs is 1. The zero-order valence-electron chi connectivity index (χ0n) is 26.3. The molecule has 0 bridgehead atoms. The Bertz CT molecular complexity index is 1740. The van der Waals surface area contributed by atoms with Crippen LogP contribution >= 0.6 is 0 Å². The molecule has 1 saturated carbocycles. The van der Waals surface area contributed by atoms with Gasteiger partial charge in [0, 0.05) is 86.1 Å². The van der Waals surface area contributed by atoms with E-state index in [2.05, 4.69) is 48.6 Å². The highest BCUT2D eigenvalue weighted by Gasteiger charge is 2.30. The molecule has 0 amide bonds. The van der Waals surface area contributed by atoms with Gasteiger partial charge < -0.3 is 19.5 Å². The summed E-state index contributed by atoms with van der Waals surface area (Å²) in [6, 6.07) is 12.2. The van der Waals surface area contributed by atoms with Crippen molar-refractivity contribution in [1.29, 1.82) is 0 Å². The number of aliphatic hydroxyl groups excluding tert-OH is 1. The molecular formula is C36H43FN6O2. The smallest absolute Gasteiger partial charge is 0.193 e. The first-order chi connectivity index (χ1) is 21.8. The summed E-state index contributed by atoms with van der Waals surface area (Å²) in [4.78, 5) is 29.9. The minimum Gasteiger partial charge on any atom is -0.391 e. The molecule has 2 aliphatic heterocycles. The third-order valence-corrected chi connectivity index (χ3v) is 9.75. The number of nitrogens with zero attached hydrogens (tertiary/aromatic N) is 6. The molecule has 8 nitrogen and oxygen atoms in total. The molecule has 0 spiro atoms. The van der Waals surface area contributed by atoms with Crippen LogP contribution in [0.5, 0.6) is 0 Å². The van der Waals surface area contributed by atoms with E-state index >= 15 is 4.39 Å². The molecule has 9 heteroatoms. The lowest BCUT2D eigenvalue weighted by molar-refractivity contribution is 0.154. The van der Waals surface area contributed by atoms with Gasteiger partial charge in [0.05, 0.1) is 29.2 Å². The van der Waals surface area contributed by atoms with Crippen molar-refractivity contribution in [3.8, 4) is 0 Å². The number of aromatic nitrogens is 3. The first kappa shape index (κ1) is 29.9. The maximum absolute atomic E-state index is 15.7. The number of anilines is 2. The van der Waals surface area contributed by atoms with Gasteiger partial charge in [0.1, 0.15) is 5.82 Å². The Hall–Kier alpha value is -3.82. The highest BCUT2D eigenvalue weighted by molar-refractivity contribution is 5.84. The number of piperidine rings is 2. The molecule has 1 aromatic carbocycles. The van der Waals surface area contributed by atoms with E-state index in [0.717, 1.165) is 74.2 Å². The number of rotatable bonds is 8. The highest BCUT2D eigenvalue weighted by Crippen LogP contribution is 2.38. The number of benzene rings is 1. The van der Waals surface area contributed by atoms with Gasteiger partial charge in [0.25, 0.3) is 0 Å². The average molecular weight is 611 g/mol. The molecule has 2 atom stereocenters. The van der Waals surface area contributed by atoms with E-state index in [4.69, 9.17) is 0 Å². The number of pyridine rings is 3. The van der Waals surface area contributed by atoms with Crippen LogP contribution in [0.25, 0.3) is 10.9 Å². The van der Waals surface area contributed by atoms with Crippen LogP contribution in [0.1, 0.15) is 67.1 Å². The van der Waals surface area contributed by atoms with E-state index < -0.39 is 11.9 Å². The molecule has 4 aromatic rings. The third kappa shape index (κ3) is 6.47. The number of hydrogen-bond donors (Lipinski definition) is 1. The van der Waals surface area contributed by atoms with Crippen LogP contribution < -0.4 is 15.2 Å². The fourth-order valence-electron chi connectivity index (χ4n) is 7.20.